The molecule has 1 fully saturated rings. The molecule has 0 bridgehead atoms. The summed E-state index contributed by atoms with van der Waals surface area (Å²) in [7, 11) is 1.51. The van der Waals surface area contributed by atoms with E-state index in [0.29, 0.717) is 62.3 Å². The van der Waals surface area contributed by atoms with Crippen LogP contribution in [0, 0.1) is 18.7 Å². The van der Waals surface area contributed by atoms with Gasteiger partial charge in [0.05, 0.1) is 31.0 Å². The van der Waals surface area contributed by atoms with Gasteiger partial charge in [0, 0.05) is 11.9 Å². The molecular weight excluding hydrogens is 642 g/mol. The number of ketones is 1. The lowest BCUT2D eigenvalue weighted by molar-refractivity contribution is -0.132. The molecule has 1 N–H and O–H groups in total. The Labute approximate surface area is 278 Å². The standard InChI is InChI=1S/C34H32FN5O5S2/c1-19(2)14-16-45-24-13-12-21(17-25(24)44-4)29-27(30(41)28-20(3)36-26-11-7-8-15-39(26)28)31(42)32(43)40(29)33-37-38-34(47-33)46-18-22-9-5-6-10-23(22)35/h5-13,15,17,19,29,41H,14,16,18H2,1-4H3. The predicted molar refractivity (Wildman–Crippen MR) is 179 cm³/mol. The summed E-state index contributed by atoms with van der Waals surface area (Å²) < 4.78 is 28.0. The number of halogens is 1. The van der Waals surface area contributed by atoms with E-state index >= 15 is 0 Å². The van der Waals surface area contributed by atoms with Gasteiger partial charge in [0.15, 0.2) is 21.6 Å². The molecule has 3 aromatic heterocycles. The van der Waals surface area contributed by atoms with Crippen LogP contribution in [0.5, 0.6) is 11.5 Å². The van der Waals surface area contributed by atoms with Gasteiger partial charge in [-0.3, -0.25) is 18.9 Å². The van der Waals surface area contributed by atoms with Gasteiger partial charge < -0.3 is 14.6 Å². The number of benzene rings is 2. The lowest BCUT2D eigenvalue weighted by Crippen LogP contribution is -2.29. The molecule has 5 aromatic rings. The maximum Gasteiger partial charge on any atom is 0.301 e. The normalized spacial score (nSPS) is 16.0. The van der Waals surface area contributed by atoms with Crippen LogP contribution in [0.1, 0.15) is 48.8 Å². The van der Waals surface area contributed by atoms with Gasteiger partial charge in [0.2, 0.25) is 5.13 Å². The number of amides is 1. The van der Waals surface area contributed by atoms with Crippen molar-refractivity contribution in [2.75, 3.05) is 18.6 Å². The molecule has 0 saturated carbocycles. The number of Topliss-reactive ketones (excluding diaryl/α,β-unsaturated/α-hetero) is 1. The fraction of sp³-hybridized carbons (Fsp3) is 0.265. The smallest absolute Gasteiger partial charge is 0.301 e. The Kier molecular flexibility index (Phi) is 9.28. The number of hydrogen-bond donors (Lipinski definition) is 1. The quantitative estimate of drug-likeness (QED) is 0.0521. The topological polar surface area (TPSA) is 119 Å². The number of aliphatic hydroxyl groups excluding tert-OH is 1. The molecule has 1 atom stereocenters. The number of hydrogen-bond acceptors (Lipinski definition) is 10. The second-order valence-electron chi connectivity index (χ2n) is 11.3. The van der Waals surface area contributed by atoms with Gasteiger partial charge in [-0.1, -0.05) is 67.3 Å². The third kappa shape index (κ3) is 6.32. The Morgan fingerprint density at radius 3 is 2.64 bits per heavy atom. The highest BCUT2D eigenvalue weighted by Crippen LogP contribution is 2.46. The third-order valence-corrected chi connectivity index (χ3v) is 9.84. The molecule has 0 radical (unpaired) electrons. The number of pyridine rings is 1. The molecule has 13 heteroatoms. The van der Waals surface area contributed by atoms with Crippen LogP contribution in [0.3, 0.4) is 0 Å². The highest BCUT2D eigenvalue weighted by Gasteiger charge is 2.49. The van der Waals surface area contributed by atoms with Crippen LogP contribution in [0.4, 0.5) is 9.52 Å². The van der Waals surface area contributed by atoms with E-state index in [1.807, 2.05) is 6.07 Å². The summed E-state index contributed by atoms with van der Waals surface area (Å²) in [5.74, 6) is -0.802. The van der Waals surface area contributed by atoms with Crippen molar-refractivity contribution in [3.8, 4) is 11.5 Å². The van der Waals surface area contributed by atoms with E-state index in [9.17, 15) is 19.1 Å². The number of aromatic nitrogens is 4. The zero-order valence-electron chi connectivity index (χ0n) is 26.1. The van der Waals surface area contributed by atoms with Gasteiger partial charge in [-0.05, 0) is 60.7 Å². The average Bonchev–Trinajstić information content (AvgIpc) is 3.73. The van der Waals surface area contributed by atoms with Gasteiger partial charge in [-0.2, -0.15) is 0 Å². The van der Waals surface area contributed by atoms with Gasteiger partial charge in [-0.25, -0.2) is 9.37 Å². The predicted octanol–water partition coefficient (Wildman–Crippen LogP) is 6.99. The number of rotatable bonds is 11. The van der Waals surface area contributed by atoms with E-state index in [2.05, 4.69) is 29.0 Å². The summed E-state index contributed by atoms with van der Waals surface area (Å²) in [4.78, 5) is 33.4. The van der Waals surface area contributed by atoms with Crippen molar-refractivity contribution < 1.29 is 28.6 Å². The second-order valence-corrected chi connectivity index (χ2v) is 13.5. The first-order valence-electron chi connectivity index (χ1n) is 14.9. The van der Waals surface area contributed by atoms with E-state index in [4.69, 9.17) is 9.47 Å². The maximum atomic E-state index is 14.2. The molecule has 242 valence electrons. The van der Waals surface area contributed by atoms with Gasteiger partial charge in [-0.15, -0.1) is 10.2 Å². The molecule has 1 saturated heterocycles. The Bertz CT molecular complexity index is 2010. The Balaban J connectivity index is 1.44. The molecule has 0 aliphatic carbocycles. The van der Waals surface area contributed by atoms with E-state index in [1.54, 1.807) is 66.1 Å². The van der Waals surface area contributed by atoms with Crippen LogP contribution in [-0.4, -0.2) is 50.1 Å². The van der Waals surface area contributed by atoms with Crippen molar-refractivity contribution in [3.05, 3.63) is 101 Å². The number of carbonyl (C=O) groups is 2. The summed E-state index contributed by atoms with van der Waals surface area (Å²) in [5, 5.41) is 20.5. The summed E-state index contributed by atoms with van der Waals surface area (Å²) in [5.41, 5.74) is 2.20. The summed E-state index contributed by atoms with van der Waals surface area (Å²) in [6.45, 7) is 6.42. The van der Waals surface area contributed by atoms with Crippen molar-refractivity contribution in [1.29, 1.82) is 0 Å². The number of aliphatic hydroxyl groups is 1. The minimum atomic E-state index is -1.08. The summed E-state index contributed by atoms with van der Waals surface area (Å²) >= 11 is 2.36. The Morgan fingerprint density at radius 1 is 1.09 bits per heavy atom. The fourth-order valence-electron chi connectivity index (χ4n) is 5.36. The number of anilines is 1. The van der Waals surface area contributed by atoms with Crippen molar-refractivity contribution in [3.63, 3.8) is 0 Å². The highest BCUT2D eigenvalue weighted by atomic mass is 32.2. The Hall–Kier alpha value is -4.75. The van der Waals surface area contributed by atoms with E-state index in [0.717, 1.165) is 17.8 Å². The molecule has 4 heterocycles. The molecular formula is C34H32FN5O5S2. The average molecular weight is 674 g/mol. The van der Waals surface area contributed by atoms with Crippen molar-refractivity contribution >= 4 is 51.3 Å². The minimum absolute atomic E-state index is 0.130. The third-order valence-electron chi connectivity index (χ3n) is 7.74. The highest BCUT2D eigenvalue weighted by molar-refractivity contribution is 8.00. The van der Waals surface area contributed by atoms with E-state index in [1.165, 1.54) is 29.8 Å². The van der Waals surface area contributed by atoms with Crippen LogP contribution in [0.25, 0.3) is 11.4 Å². The van der Waals surface area contributed by atoms with Crippen molar-refractivity contribution in [1.82, 2.24) is 19.6 Å². The zero-order valence-corrected chi connectivity index (χ0v) is 27.8. The van der Waals surface area contributed by atoms with Gasteiger partial charge in [0.25, 0.3) is 5.78 Å². The molecule has 0 spiro atoms. The van der Waals surface area contributed by atoms with Crippen LogP contribution >= 0.6 is 23.1 Å². The first-order chi connectivity index (χ1) is 22.7. The number of fused-ring (bicyclic) bond motifs is 1. The number of aryl methyl sites for hydroxylation is 1. The molecule has 2 aromatic carbocycles. The van der Waals surface area contributed by atoms with Crippen LogP contribution in [-0.2, 0) is 15.3 Å². The molecule has 1 aliphatic heterocycles. The van der Waals surface area contributed by atoms with Gasteiger partial charge >= 0.3 is 5.91 Å². The first kappa shape index (κ1) is 32.2. The second kappa shape index (κ2) is 13.5. The molecule has 6 rings (SSSR count). The summed E-state index contributed by atoms with van der Waals surface area (Å²) in [6.07, 6.45) is 2.57. The molecule has 47 heavy (non-hydrogen) atoms. The maximum absolute atomic E-state index is 14.2. The Morgan fingerprint density at radius 2 is 1.87 bits per heavy atom. The van der Waals surface area contributed by atoms with E-state index < -0.39 is 17.7 Å². The number of methoxy groups -OCH3 is 1. The number of thioether (sulfide) groups is 1. The zero-order chi connectivity index (χ0) is 33.2. The molecule has 1 unspecified atom stereocenters. The number of nitrogens with zero attached hydrogens (tertiary/aromatic N) is 5. The van der Waals surface area contributed by atoms with Crippen LogP contribution in [0.15, 0.2) is 76.8 Å². The lowest BCUT2D eigenvalue weighted by Gasteiger charge is -2.23. The largest absolute Gasteiger partial charge is 0.505 e. The van der Waals surface area contributed by atoms with Crippen molar-refractivity contribution in [2.24, 2.45) is 5.92 Å². The van der Waals surface area contributed by atoms with Crippen molar-refractivity contribution in [2.45, 2.75) is 43.3 Å². The number of carbonyl (C=O) groups excluding carboxylic acids is 2. The molecule has 10 nitrogen and oxygen atoms in total. The minimum Gasteiger partial charge on any atom is -0.505 e. The van der Waals surface area contributed by atoms with Crippen LogP contribution < -0.4 is 14.4 Å². The lowest BCUT2D eigenvalue weighted by atomic mass is 9.96. The monoisotopic (exact) mass is 673 g/mol. The SMILES string of the molecule is COc1cc(C2C(=C(O)c3c(C)nc4ccccn34)C(=O)C(=O)N2c2nnc(SCc3ccccc3F)s2)ccc1OCCC(C)C. The molecule has 1 aliphatic rings. The number of imidazole rings is 1. The summed E-state index contributed by atoms with van der Waals surface area (Å²) in [6, 6.07) is 15.9. The van der Waals surface area contributed by atoms with Crippen LogP contribution in [0.2, 0.25) is 0 Å². The molecule has 1 amide bonds. The van der Waals surface area contributed by atoms with E-state index in [-0.39, 0.29) is 22.3 Å². The van der Waals surface area contributed by atoms with Gasteiger partial charge in [0.1, 0.15) is 17.2 Å². The first-order valence-corrected chi connectivity index (χ1v) is 16.7. The number of ether oxygens (including phenoxy) is 2. The fourth-order valence-corrected chi connectivity index (χ4v) is 7.22.